The number of ketones is 1. The topological polar surface area (TPSA) is 74.8 Å². The molecule has 1 aliphatic heterocycles. The number of nitrogens with zero attached hydrogens (tertiary/aromatic N) is 2. The monoisotopic (exact) mass is 362 g/mol. The van der Waals surface area contributed by atoms with Crippen molar-refractivity contribution in [3.8, 4) is 0 Å². The molecule has 0 aromatic heterocycles. The summed E-state index contributed by atoms with van der Waals surface area (Å²) in [5.74, 6) is -0.732. The lowest BCUT2D eigenvalue weighted by Crippen LogP contribution is -2.51. The first-order valence-electron chi connectivity index (χ1n) is 7.48. The van der Waals surface area contributed by atoms with Crippen molar-refractivity contribution in [1.29, 1.82) is 0 Å². The van der Waals surface area contributed by atoms with E-state index in [1.54, 1.807) is 12.1 Å². The van der Waals surface area contributed by atoms with Gasteiger partial charge in [0.05, 0.1) is 18.8 Å². The number of halogens is 1. The molecule has 0 unspecified atom stereocenters. The van der Waals surface area contributed by atoms with Gasteiger partial charge in [0, 0.05) is 0 Å². The minimum absolute atomic E-state index is 0.0436. The zero-order valence-corrected chi connectivity index (χ0v) is 14.2. The molecule has 0 N–H and O–H groups in total. The van der Waals surface area contributed by atoms with Crippen molar-refractivity contribution >= 4 is 27.5 Å². The van der Waals surface area contributed by atoms with Gasteiger partial charge >= 0.3 is 6.03 Å². The first-order chi connectivity index (χ1) is 11.8. The Balaban J connectivity index is 2.07. The fourth-order valence-electron chi connectivity index (χ4n) is 2.64. The molecule has 6 nitrogen and oxygen atoms in total. The molecule has 2 amide bonds. The van der Waals surface area contributed by atoms with E-state index >= 15 is 0 Å². The third-order valence-corrected chi connectivity index (χ3v) is 5.56. The van der Waals surface area contributed by atoms with E-state index in [4.69, 9.17) is 0 Å². The third kappa shape index (κ3) is 3.12. The van der Waals surface area contributed by atoms with Gasteiger partial charge in [0.1, 0.15) is 16.5 Å². The summed E-state index contributed by atoms with van der Waals surface area (Å²) in [6.07, 6.45) is 0. The molecule has 0 atom stereocenters. The summed E-state index contributed by atoms with van der Waals surface area (Å²) >= 11 is 0. The summed E-state index contributed by atoms with van der Waals surface area (Å²) in [5.41, 5.74) is 0.638. The van der Waals surface area contributed by atoms with E-state index in [0.717, 1.165) is 4.90 Å². The van der Waals surface area contributed by atoms with Crippen LogP contribution < -0.4 is 4.90 Å². The molecule has 2 aromatic rings. The number of benzene rings is 2. The van der Waals surface area contributed by atoms with E-state index < -0.39 is 21.9 Å². The second-order valence-electron chi connectivity index (χ2n) is 5.68. The van der Waals surface area contributed by atoms with E-state index in [2.05, 4.69) is 0 Å². The number of urea groups is 1. The summed E-state index contributed by atoms with van der Waals surface area (Å²) in [7, 11) is -4.07. The summed E-state index contributed by atoms with van der Waals surface area (Å²) in [6, 6.07) is 10.4. The first kappa shape index (κ1) is 17.1. The lowest BCUT2D eigenvalue weighted by molar-refractivity contribution is -0.115. The Morgan fingerprint density at radius 1 is 1.08 bits per heavy atom. The molecule has 0 bridgehead atoms. The molecule has 0 aliphatic carbocycles. The fourth-order valence-corrected chi connectivity index (χ4v) is 4.19. The number of carbonyl (C=O) groups is 2. The van der Waals surface area contributed by atoms with E-state index in [1.807, 2.05) is 0 Å². The molecule has 1 heterocycles. The minimum atomic E-state index is -4.07. The lowest BCUT2D eigenvalue weighted by atomic mass is 10.2. The van der Waals surface area contributed by atoms with Crippen LogP contribution in [-0.2, 0) is 21.4 Å². The summed E-state index contributed by atoms with van der Waals surface area (Å²) < 4.78 is 39.4. The van der Waals surface area contributed by atoms with E-state index in [9.17, 15) is 22.4 Å². The van der Waals surface area contributed by atoms with Crippen LogP contribution in [0.15, 0.2) is 53.4 Å². The van der Waals surface area contributed by atoms with Crippen molar-refractivity contribution in [3.05, 3.63) is 59.9 Å². The number of hydrogen-bond acceptors (Lipinski definition) is 4. The predicted molar refractivity (Wildman–Crippen MR) is 89.0 cm³/mol. The van der Waals surface area contributed by atoms with Crippen LogP contribution in [0.2, 0.25) is 0 Å². The van der Waals surface area contributed by atoms with Gasteiger partial charge in [-0.25, -0.2) is 21.9 Å². The molecule has 8 heteroatoms. The Morgan fingerprint density at radius 2 is 1.72 bits per heavy atom. The van der Waals surface area contributed by atoms with Crippen LogP contribution in [0.3, 0.4) is 0 Å². The Morgan fingerprint density at radius 3 is 2.36 bits per heavy atom. The first-order valence-corrected chi connectivity index (χ1v) is 8.92. The zero-order valence-electron chi connectivity index (χ0n) is 13.3. The van der Waals surface area contributed by atoms with Crippen molar-refractivity contribution in [1.82, 2.24) is 4.31 Å². The Labute approximate surface area is 144 Å². The maximum Gasteiger partial charge on any atom is 0.339 e. The van der Waals surface area contributed by atoms with Gasteiger partial charge in [-0.1, -0.05) is 24.3 Å². The summed E-state index contributed by atoms with van der Waals surface area (Å²) in [4.78, 5) is 25.4. The smallest absolute Gasteiger partial charge is 0.298 e. The molecule has 0 radical (unpaired) electrons. The van der Waals surface area contributed by atoms with Gasteiger partial charge in [0.15, 0.2) is 0 Å². The molecular formula is C17H15FN2O4S. The highest BCUT2D eigenvalue weighted by Gasteiger charge is 2.41. The number of para-hydroxylation sites is 1. The maximum absolute atomic E-state index is 13.1. The predicted octanol–water partition coefficient (Wildman–Crippen LogP) is 2.55. The Hall–Kier alpha value is -2.74. The standard InChI is InChI=1S/C17H15FN2O4S/c1-12(21)10-19-15-4-2-3-5-16(15)25(23,24)20(17(19)22)11-13-6-8-14(18)9-7-13/h2-9H,10-11H2,1H3. The molecule has 2 aromatic carbocycles. The normalized spacial score (nSPS) is 15.8. The van der Waals surface area contributed by atoms with Crippen LogP contribution in [0.1, 0.15) is 12.5 Å². The van der Waals surface area contributed by atoms with Gasteiger partial charge in [0.2, 0.25) is 0 Å². The minimum Gasteiger partial charge on any atom is -0.298 e. The van der Waals surface area contributed by atoms with Gasteiger partial charge < -0.3 is 0 Å². The number of fused-ring (bicyclic) bond motifs is 1. The lowest BCUT2D eigenvalue weighted by Gasteiger charge is -2.35. The number of amides is 2. The van der Waals surface area contributed by atoms with Gasteiger partial charge in [0.25, 0.3) is 10.0 Å². The highest BCUT2D eigenvalue weighted by molar-refractivity contribution is 7.90. The van der Waals surface area contributed by atoms with E-state index in [0.29, 0.717) is 9.87 Å². The van der Waals surface area contributed by atoms with Crippen LogP contribution in [0.4, 0.5) is 14.9 Å². The number of rotatable bonds is 4. The quantitative estimate of drug-likeness (QED) is 0.838. The average Bonchev–Trinajstić information content (AvgIpc) is 2.57. The highest BCUT2D eigenvalue weighted by Crippen LogP contribution is 2.34. The van der Waals surface area contributed by atoms with Crippen molar-refractivity contribution in [2.45, 2.75) is 18.4 Å². The molecule has 0 saturated carbocycles. The van der Waals surface area contributed by atoms with E-state index in [-0.39, 0.29) is 29.5 Å². The third-order valence-electron chi connectivity index (χ3n) is 3.79. The summed E-state index contributed by atoms with van der Waals surface area (Å²) in [5, 5.41) is 0. The summed E-state index contributed by atoms with van der Waals surface area (Å²) in [6.45, 7) is 0.846. The number of anilines is 1. The average molecular weight is 362 g/mol. The number of carbonyl (C=O) groups excluding carboxylic acids is 2. The number of hydrogen-bond donors (Lipinski definition) is 0. The highest BCUT2D eigenvalue weighted by atomic mass is 32.2. The number of sulfonamides is 1. The van der Waals surface area contributed by atoms with Crippen molar-refractivity contribution in [2.75, 3.05) is 11.4 Å². The van der Waals surface area contributed by atoms with Crippen molar-refractivity contribution in [3.63, 3.8) is 0 Å². The molecule has 0 saturated heterocycles. The molecule has 0 fully saturated rings. The van der Waals surface area contributed by atoms with Crippen molar-refractivity contribution < 1.29 is 22.4 Å². The molecular weight excluding hydrogens is 347 g/mol. The van der Waals surface area contributed by atoms with Crippen LogP contribution in [-0.4, -0.2) is 31.1 Å². The van der Waals surface area contributed by atoms with Crippen LogP contribution >= 0.6 is 0 Å². The van der Waals surface area contributed by atoms with Gasteiger partial charge in [-0.3, -0.25) is 9.69 Å². The SMILES string of the molecule is CC(=O)CN1C(=O)N(Cc2ccc(F)cc2)S(=O)(=O)c2ccccc21. The largest absolute Gasteiger partial charge is 0.339 e. The van der Waals surface area contributed by atoms with Gasteiger partial charge in [-0.2, -0.15) is 0 Å². The number of Topliss-reactive ketones (excluding diaryl/α,β-unsaturated/α-hetero) is 1. The molecule has 130 valence electrons. The maximum atomic E-state index is 13.1. The van der Waals surface area contributed by atoms with E-state index in [1.165, 1.54) is 43.3 Å². The second kappa shape index (κ2) is 6.29. The molecule has 25 heavy (non-hydrogen) atoms. The van der Waals surface area contributed by atoms with Crippen molar-refractivity contribution in [2.24, 2.45) is 0 Å². The van der Waals surface area contributed by atoms with Crippen LogP contribution in [0.25, 0.3) is 0 Å². The Bertz CT molecular complexity index is 941. The van der Waals surface area contributed by atoms with Crippen LogP contribution in [0.5, 0.6) is 0 Å². The molecule has 0 spiro atoms. The Kier molecular flexibility index (Phi) is 4.30. The second-order valence-corrected chi connectivity index (χ2v) is 7.51. The fraction of sp³-hybridized carbons (Fsp3) is 0.176. The molecule has 3 rings (SSSR count). The zero-order chi connectivity index (χ0) is 18.2. The van der Waals surface area contributed by atoms with Gasteiger partial charge in [-0.15, -0.1) is 0 Å². The van der Waals surface area contributed by atoms with Crippen LogP contribution in [0, 0.1) is 5.82 Å². The van der Waals surface area contributed by atoms with Gasteiger partial charge in [-0.05, 0) is 36.8 Å². The molecule has 1 aliphatic rings.